The second-order valence-electron chi connectivity index (χ2n) is 24.8. The van der Waals surface area contributed by atoms with Crippen LogP contribution < -0.4 is 0 Å². The summed E-state index contributed by atoms with van der Waals surface area (Å²) in [5, 5.41) is 10.5. The Morgan fingerprint density at radius 2 is 0.600 bits per heavy atom. The van der Waals surface area contributed by atoms with E-state index >= 15 is 0 Å². The van der Waals surface area contributed by atoms with Gasteiger partial charge in [-0.1, -0.05) is 273 Å². The lowest BCUT2D eigenvalue weighted by Gasteiger charge is -2.21. The Labute approximate surface area is 517 Å². The van der Waals surface area contributed by atoms with Crippen LogP contribution >= 0.6 is 15.6 Å². The first-order chi connectivity index (χ1) is 40.8. The van der Waals surface area contributed by atoms with E-state index in [9.17, 15) is 43.2 Å². The number of carbonyl (C=O) groups excluding carboxylic acids is 4. The summed E-state index contributed by atoms with van der Waals surface area (Å²) < 4.78 is 68.0. The maximum absolute atomic E-state index is 13.0. The highest BCUT2D eigenvalue weighted by Gasteiger charge is 2.30. The molecule has 7 atom stereocenters. The first kappa shape index (κ1) is 83.1. The molecule has 4 unspecified atom stereocenters. The molecule has 0 heterocycles. The SMILES string of the molecule is CCCCCCCCCCC(=O)OC[C@H](COP(=O)(O)OC[C@H](O)COP(=O)(O)OC[C@@H](COC(=O)CCCCCCCCCCC(C)CC)OC(=O)CCCCCCCCCCCCCCC(C)C)OC(=O)CCCCCCCCC(C)CC. The van der Waals surface area contributed by atoms with Crippen molar-refractivity contribution >= 4 is 39.5 Å². The largest absolute Gasteiger partial charge is 0.472 e. The van der Waals surface area contributed by atoms with Crippen LogP contribution in [0.15, 0.2) is 0 Å². The van der Waals surface area contributed by atoms with Gasteiger partial charge in [0.1, 0.15) is 19.3 Å². The van der Waals surface area contributed by atoms with E-state index in [1.54, 1.807) is 0 Å². The van der Waals surface area contributed by atoms with Crippen LogP contribution in [0.2, 0.25) is 0 Å². The fourth-order valence-corrected chi connectivity index (χ4v) is 11.3. The number of rotatable bonds is 64. The van der Waals surface area contributed by atoms with E-state index < -0.39 is 97.5 Å². The van der Waals surface area contributed by atoms with Gasteiger partial charge in [0.25, 0.3) is 0 Å². The van der Waals surface area contributed by atoms with Crippen molar-refractivity contribution in [2.24, 2.45) is 17.8 Å². The Kier molecular flexibility index (Phi) is 55.9. The summed E-state index contributed by atoms with van der Waals surface area (Å²) in [6, 6.07) is 0. The zero-order valence-corrected chi connectivity index (χ0v) is 56.9. The van der Waals surface area contributed by atoms with Gasteiger partial charge in [0.15, 0.2) is 12.2 Å². The van der Waals surface area contributed by atoms with E-state index in [0.29, 0.717) is 25.7 Å². The second-order valence-corrected chi connectivity index (χ2v) is 27.7. The van der Waals surface area contributed by atoms with Crippen LogP contribution in [0.3, 0.4) is 0 Å². The van der Waals surface area contributed by atoms with Gasteiger partial charge in [-0.25, -0.2) is 9.13 Å². The molecule has 0 radical (unpaired) electrons. The van der Waals surface area contributed by atoms with Gasteiger partial charge in [-0.05, 0) is 43.4 Å². The molecule has 0 aromatic heterocycles. The van der Waals surface area contributed by atoms with Crippen LogP contribution in [-0.2, 0) is 65.4 Å². The van der Waals surface area contributed by atoms with Crippen molar-refractivity contribution in [1.82, 2.24) is 0 Å². The highest BCUT2D eigenvalue weighted by molar-refractivity contribution is 7.47. The van der Waals surface area contributed by atoms with Crippen LogP contribution in [0.25, 0.3) is 0 Å². The molecule has 19 heteroatoms. The molecule has 0 rings (SSSR count). The van der Waals surface area contributed by atoms with Gasteiger partial charge < -0.3 is 33.8 Å². The molecule has 0 aliphatic rings. The van der Waals surface area contributed by atoms with Crippen LogP contribution in [0.1, 0.15) is 325 Å². The average Bonchev–Trinajstić information content (AvgIpc) is 3.51. The molecule has 0 spiro atoms. The maximum Gasteiger partial charge on any atom is 0.472 e. The van der Waals surface area contributed by atoms with Crippen molar-refractivity contribution in [3.63, 3.8) is 0 Å². The Bertz CT molecular complexity index is 1690. The number of carbonyl (C=O) groups is 4. The molecule has 0 aromatic rings. The first-order valence-corrected chi connectivity index (χ1v) is 37.4. The summed E-state index contributed by atoms with van der Waals surface area (Å²) >= 11 is 0. The lowest BCUT2D eigenvalue weighted by atomic mass is 9.99. The number of aliphatic hydroxyl groups is 1. The van der Waals surface area contributed by atoms with Gasteiger partial charge in [0.05, 0.1) is 26.4 Å². The summed E-state index contributed by atoms with van der Waals surface area (Å²) in [4.78, 5) is 72.3. The van der Waals surface area contributed by atoms with Crippen molar-refractivity contribution in [2.75, 3.05) is 39.6 Å². The van der Waals surface area contributed by atoms with Gasteiger partial charge in [-0.15, -0.1) is 0 Å². The standard InChI is InChI=1S/C66H128O17P2/c1-8-11-12-13-14-25-33-40-47-63(68)76-54-62(83-66(71)50-43-36-29-28-32-39-46-59(7)10-3)56-81-85(74,75)79-52-60(67)51-78-84(72,73)80-55-61(53-77-64(69)48-41-34-26-22-21-24-31-38-45-58(6)9-2)82-65(70)49-42-35-27-20-18-16-15-17-19-23-30-37-44-57(4)5/h57-62,67H,8-56H2,1-7H3,(H,72,73)(H,74,75)/t58?,59?,60-,61-,62-/m1/s1. The third kappa shape index (κ3) is 58.2. The summed E-state index contributed by atoms with van der Waals surface area (Å²) in [6.07, 6.45) is 38.9. The summed E-state index contributed by atoms with van der Waals surface area (Å²) in [7, 11) is -9.89. The number of hydrogen-bond donors (Lipinski definition) is 3. The maximum atomic E-state index is 13.0. The van der Waals surface area contributed by atoms with Crippen molar-refractivity contribution in [3.8, 4) is 0 Å². The fraction of sp³-hybridized carbons (Fsp3) is 0.939. The predicted octanol–water partition coefficient (Wildman–Crippen LogP) is 18.3. The smallest absolute Gasteiger partial charge is 0.462 e. The Morgan fingerprint density at radius 3 is 0.894 bits per heavy atom. The number of aliphatic hydroxyl groups excluding tert-OH is 1. The zero-order valence-electron chi connectivity index (χ0n) is 55.1. The number of esters is 4. The highest BCUT2D eigenvalue weighted by atomic mass is 31.2. The van der Waals surface area contributed by atoms with Crippen molar-refractivity contribution in [1.29, 1.82) is 0 Å². The van der Waals surface area contributed by atoms with Crippen LogP contribution in [0, 0.1) is 17.8 Å². The molecule has 0 fully saturated rings. The molecular weight excluding hydrogens is 1130 g/mol. The third-order valence-electron chi connectivity index (χ3n) is 15.9. The van der Waals surface area contributed by atoms with E-state index in [0.717, 1.165) is 114 Å². The molecule has 504 valence electrons. The number of hydrogen-bond acceptors (Lipinski definition) is 15. The Balaban J connectivity index is 5.24. The highest BCUT2D eigenvalue weighted by Crippen LogP contribution is 2.45. The molecule has 17 nitrogen and oxygen atoms in total. The minimum Gasteiger partial charge on any atom is -0.462 e. The number of ether oxygens (including phenoxy) is 4. The monoisotopic (exact) mass is 1250 g/mol. The van der Waals surface area contributed by atoms with Gasteiger partial charge in [0, 0.05) is 25.7 Å². The van der Waals surface area contributed by atoms with E-state index in [-0.39, 0.29) is 25.7 Å². The van der Waals surface area contributed by atoms with Crippen molar-refractivity contribution < 1.29 is 80.2 Å². The lowest BCUT2D eigenvalue weighted by Crippen LogP contribution is -2.30. The van der Waals surface area contributed by atoms with Crippen LogP contribution in [0.5, 0.6) is 0 Å². The quantitative estimate of drug-likeness (QED) is 0.0222. The van der Waals surface area contributed by atoms with Crippen LogP contribution in [0.4, 0.5) is 0 Å². The molecule has 0 aromatic carbocycles. The van der Waals surface area contributed by atoms with E-state index in [4.69, 9.17) is 37.0 Å². The van der Waals surface area contributed by atoms with Gasteiger partial charge >= 0.3 is 39.5 Å². The number of phosphoric ester groups is 2. The predicted molar refractivity (Wildman–Crippen MR) is 340 cm³/mol. The van der Waals surface area contributed by atoms with Crippen molar-refractivity contribution in [3.05, 3.63) is 0 Å². The molecule has 3 N–H and O–H groups in total. The molecular formula is C66H128O17P2. The molecule has 0 aliphatic carbocycles. The summed E-state index contributed by atoms with van der Waals surface area (Å²) in [5.74, 6) is 0.137. The van der Waals surface area contributed by atoms with Gasteiger partial charge in [0.2, 0.25) is 0 Å². The molecule has 0 aliphatic heterocycles. The Morgan fingerprint density at radius 1 is 0.341 bits per heavy atom. The fourth-order valence-electron chi connectivity index (χ4n) is 9.77. The molecule has 0 saturated heterocycles. The average molecular weight is 1260 g/mol. The summed E-state index contributed by atoms with van der Waals surface area (Å²) in [6.45, 7) is 11.8. The topological polar surface area (TPSA) is 237 Å². The normalized spacial score (nSPS) is 15.0. The second kappa shape index (κ2) is 57.2. The van der Waals surface area contributed by atoms with Gasteiger partial charge in [-0.2, -0.15) is 0 Å². The minimum atomic E-state index is -4.95. The zero-order chi connectivity index (χ0) is 63.1. The minimum absolute atomic E-state index is 0.102. The van der Waals surface area contributed by atoms with E-state index in [1.807, 2.05) is 0 Å². The van der Waals surface area contributed by atoms with Crippen LogP contribution in [-0.4, -0.2) is 96.7 Å². The molecule has 0 amide bonds. The molecule has 85 heavy (non-hydrogen) atoms. The third-order valence-corrected chi connectivity index (χ3v) is 17.8. The van der Waals surface area contributed by atoms with E-state index in [1.165, 1.54) is 128 Å². The van der Waals surface area contributed by atoms with E-state index in [2.05, 4.69) is 48.5 Å². The van der Waals surface area contributed by atoms with Gasteiger partial charge in [-0.3, -0.25) is 37.3 Å². The lowest BCUT2D eigenvalue weighted by molar-refractivity contribution is -0.161. The Hall–Kier alpha value is -1.94. The van der Waals surface area contributed by atoms with Crippen molar-refractivity contribution in [2.45, 2.75) is 343 Å². The first-order valence-electron chi connectivity index (χ1n) is 34.4. The number of phosphoric acid groups is 2. The molecule has 0 saturated carbocycles. The molecule has 0 bridgehead atoms. The summed E-state index contributed by atoms with van der Waals surface area (Å²) in [5.41, 5.74) is 0. The number of unbranched alkanes of at least 4 members (excludes halogenated alkanes) is 30.